The van der Waals surface area contributed by atoms with E-state index in [2.05, 4.69) is 21.2 Å². The monoisotopic (exact) mass is 305 g/mol. The van der Waals surface area contributed by atoms with Gasteiger partial charge < -0.3 is 5.32 Å². The minimum absolute atomic E-state index is 0.0947. The Morgan fingerprint density at radius 2 is 2.06 bits per heavy atom. The summed E-state index contributed by atoms with van der Waals surface area (Å²) < 4.78 is 26.0. The second-order valence-electron chi connectivity index (χ2n) is 4.48. The average molecular weight is 306 g/mol. The predicted molar refractivity (Wildman–Crippen MR) is 66.1 cm³/mol. The van der Waals surface area contributed by atoms with E-state index >= 15 is 0 Å². The number of carbonyl (C=O) groups is 1. The maximum absolute atomic E-state index is 13.3. The summed E-state index contributed by atoms with van der Waals surface area (Å²) in [5.41, 5.74) is -0.206. The molecule has 1 aromatic rings. The van der Waals surface area contributed by atoms with Gasteiger partial charge in [-0.05, 0) is 25.5 Å². The summed E-state index contributed by atoms with van der Waals surface area (Å²) in [7, 11) is 0. The molecule has 0 radical (unpaired) electrons. The molecule has 0 aliphatic rings. The van der Waals surface area contributed by atoms with Crippen molar-refractivity contribution >= 4 is 21.8 Å². The lowest BCUT2D eigenvalue weighted by atomic mass is 10.1. The molecule has 0 bridgehead atoms. The lowest BCUT2D eigenvalue weighted by Gasteiger charge is -2.23. The van der Waals surface area contributed by atoms with Gasteiger partial charge in [0, 0.05) is 16.9 Å². The SMILES string of the molecule is CC(C)(CBr)NC(=O)Cc1ccc(F)cc1F. The van der Waals surface area contributed by atoms with Gasteiger partial charge in [-0.15, -0.1) is 0 Å². The van der Waals surface area contributed by atoms with Gasteiger partial charge >= 0.3 is 0 Å². The van der Waals surface area contributed by atoms with Gasteiger partial charge in [0.05, 0.1) is 6.42 Å². The zero-order chi connectivity index (χ0) is 13.1. The average Bonchev–Trinajstić information content (AvgIpc) is 2.21. The van der Waals surface area contributed by atoms with E-state index in [-0.39, 0.29) is 17.9 Å². The second kappa shape index (κ2) is 5.58. The Morgan fingerprint density at radius 3 is 2.59 bits per heavy atom. The van der Waals surface area contributed by atoms with E-state index in [0.29, 0.717) is 5.33 Å². The number of benzene rings is 1. The molecule has 0 aliphatic heterocycles. The summed E-state index contributed by atoms with van der Waals surface area (Å²) in [5.74, 6) is -1.63. The zero-order valence-corrected chi connectivity index (χ0v) is 11.3. The molecule has 0 spiro atoms. The van der Waals surface area contributed by atoms with Gasteiger partial charge in [0.1, 0.15) is 11.6 Å². The van der Waals surface area contributed by atoms with E-state index in [1.165, 1.54) is 6.07 Å². The first kappa shape index (κ1) is 14.1. The fraction of sp³-hybridized carbons (Fsp3) is 0.417. The maximum atomic E-state index is 13.3. The Kier molecular flexibility index (Phi) is 4.62. The van der Waals surface area contributed by atoms with Crippen molar-refractivity contribution in [1.82, 2.24) is 5.32 Å². The number of amides is 1. The topological polar surface area (TPSA) is 29.1 Å². The summed E-state index contributed by atoms with van der Waals surface area (Å²) in [4.78, 5) is 11.6. The van der Waals surface area contributed by atoms with Gasteiger partial charge in [-0.25, -0.2) is 8.78 Å². The Hall–Kier alpha value is -0.970. The van der Waals surface area contributed by atoms with Crippen molar-refractivity contribution in [2.75, 3.05) is 5.33 Å². The van der Waals surface area contributed by atoms with Crippen molar-refractivity contribution in [3.63, 3.8) is 0 Å². The van der Waals surface area contributed by atoms with E-state index in [4.69, 9.17) is 0 Å². The highest BCUT2D eigenvalue weighted by Crippen LogP contribution is 2.11. The number of rotatable bonds is 4. The first-order chi connectivity index (χ1) is 7.84. The molecule has 1 rings (SSSR count). The van der Waals surface area contributed by atoms with Crippen molar-refractivity contribution < 1.29 is 13.6 Å². The summed E-state index contributed by atoms with van der Waals surface area (Å²) >= 11 is 3.27. The fourth-order valence-corrected chi connectivity index (χ4v) is 1.43. The summed E-state index contributed by atoms with van der Waals surface area (Å²) in [6, 6.07) is 3.20. The zero-order valence-electron chi connectivity index (χ0n) is 9.69. The minimum atomic E-state index is -0.697. The number of hydrogen-bond donors (Lipinski definition) is 1. The number of hydrogen-bond acceptors (Lipinski definition) is 1. The molecular formula is C12H14BrF2NO. The van der Waals surface area contributed by atoms with Gasteiger partial charge in [-0.1, -0.05) is 22.0 Å². The van der Waals surface area contributed by atoms with Crippen LogP contribution in [0.3, 0.4) is 0 Å². The van der Waals surface area contributed by atoms with Gasteiger partial charge in [0.15, 0.2) is 0 Å². The normalized spacial score (nSPS) is 11.4. The minimum Gasteiger partial charge on any atom is -0.350 e. The van der Waals surface area contributed by atoms with Crippen LogP contribution in [0, 0.1) is 11.6 Å². The van der Waals surface area contributed by atoms with Crippen LogP contribution in [0.25, 0.3) is 0 Å². The molecule has 5 heteroatoms. The van der Waals surface area contributed by atoms with E-state index in [1.54, 1.807) is 0 Å². The standard InChI is InChI=1S/C12H14BrF2NO/c1-12(2,7-13)16-11(17)5-8-3-4-9(14)6-10(8)15/h3-4,6H,5,7H2,1-2H3,(H,16,17). The third kappa shape index (κ3) is 4.42. The van der Waals surface area contributed by atoms with Gasteiger partial charge in [0.25, 0.3) is 0 Å². The van der Waals surface area contributed by atoms with E-state index < -0.39 is 17.2 Å². The molecule has 0 aromatic heterocycles. The molecule has 1 amide bonds. The van der Waals surface area contributed by atoms with E-state index in [9.17, 15) is 13.6 Å². The maximum Gasteiger partial charge on any atom is 0.224 e. The highest BCUT2D eigenvalue weighted by atomic mass is 79.9. The molecule has 17 heavy (non-hydrogen) atoms. The highest BCUT2D eigenvalue weighted by Gasteiger charge is 2.19. The molecule has 0 saturated heterocycles. The summed E-state index contributed by atoms with van der Waals surface area (Å²) in [5, 5.41) is 3.34. The first-order valence-corrected chi connectivity index (χ1v) is 6.27. The van der Waals surface area contributed by atoms with Crippen LogP contribution >= 0.6 is 15.9 Å². The van der Waals surface area contributed by atoms with Crippen molar-refractivity contribution in [3.05, 3.63) is 35.4 Å². The third-order valence-electron chi connectivity index (χ3n) is 2.18. The fourth-order valence-electron chi connectivity index (χ4n) is 1.29. The predicted octanol–water partition coefficient (Wildman–Crippen LogP) is 2.80. The van der Waals surface area contributed by atoms with Crippen LogP contribution in [0.5, 0.6) is 0 Å². The van der Waals surface area contributed by atoms with E-state index in [0.717, 1.165) is 12.1 Å². The van der Waals surface area contributed by atoms with Crippen LogP contribution in [0.1, 0.15) is 19.4 Å². The van der Waals surface area contributed by atoms with Gasteiger partial charge in [-0.3, -0.25) is 4.79 Å². The van der Waals surface area contributed by atoms with E-state index in [1.807, 2.05) is 13.8 Å². The Morgan fingerprint density at radius 1 is 1.41 bits per heavy atom. The van der Waals surface area contributed by atoms with Crippen LogP contribution in [0.15, 0.2) is 18.2 Å². The van der Waals surface area contributed by atoms with Crippen molar-refractivity contribution in [3.8, 4) is 0 Å². The highest BCUT2D eigenvalue weighted by molar-refractivity contribution is 9.09. The molecule has 0 saturated carbocycles. The molecular weight excluding hydrogens is 292 g/mol. The number of nitrogens with one attached hydrogen (secondary N) is 1. The molecule has 94 valence electrons. The molecule has 0 aliphatic carbocycles. The van der Waals surface area contributed by atoms with Crippen molar-refractivity contribution in [2.45, 2.75) is 25.8 Å². The molecule has 0 unspecified atom stereocenters. The lowest BCUT2D eigenvalue weighted by molar-refractivity contribution is -0.121. The second-order valence-corrected chi connectivity index (χ2v) is 5.04. The Bertz CT molecular complexity index is 421. The summed E-state index contributed by atoms with van der Waals surface area (Å²) in [6.07, 6.45) is -0.0947. The lowest BCUT2D eigenvalue weighted by Crippen LogP contribution is -2.45. The number of halogens is 3. The summed E-state index contributed by atoms with van der Waals surface area (Å²) in [6.45, 7) is 3.70. The molecule has 0 atom stereocenters. The molecule has 1 N–H and O–H groups in total. The van der Waals surface area contributed by atoms with Crippen LogP contribution in [-0.2, 0) is 11.2 Å². The number of alkyl halides is 1. The van der Waals surface area contributed by atoms with Gasteiger partial charge in [-0.2, -0.15) is 0 Å². The molecule has 0 fully saturated rings. The Labute approximate surface area is 108 Å². The quantitative estimate of drug-likeness (QED) is 0.852. The van der Waals surface area contributed by atoms with Crippen molar-refractivity contribution in [2.24, 2.45) is 0 Å². The van der Waals surface area contributed by atoms with Crippen LogP contribution in [-0.4, -0.2) is 16.8 Å². The van der Waals surface area contributed by atoms with Crippen LogP contribution in [0.4, 0.5) is 8.78 Å². The molecule has 2 nitrogen and oxygen atoms in total. The van der Waals surface area contributed by atoms with Crippen LogP contribution < -0.4 is 5.32 Å². The molecule has 0 heterocycles. The third-order valence-corrected chi connectivity index (χ3v) is 3.58. The smallest absolute Gasteiger partial charge is 0.224 e. The largest absolute Gasteiger partial charge is 0.350 e. The van der Waals surface area contributed by atoms with Crippen molar-refractivity contribution in [1.29, 1.82) is 0 Å². The first-order valence-electron chi connectivity index (χ1n) is 5.15. The number of carbonyl (C=O) groups excluding carboxylic acids is 1. The van der Waals surface area contributed by atoms with Crippen LogP contribution in [0.2, 0.25) is 0 Å². The molecule has 1 aromatic carbocycles. The van der Waals surface area contributed by atoms with Gasteiger partial charge in [0.2, 0.25) is 5.91 Å². The Balaban J connectivity index is 2.69.